The highest BCUT2D eigenvalue weighted by atomic mass is 35.5. The second kappa shape index (κ2) is 5.79. The van der Waals surface area contributed by atoms with Crippen LogP contribution in [0.3, 0.4) is 0 Å². The van der Waals surface area contributed by atoms with Crippen molar-refractivity contribution in [2.45, 2.75) is 6.54 Å². The van der Waals surface area contributed by atoms with Crippen LogP contribution in [0.25, 0.3) is 11.2 Å². The molecule has 2 rings (SSSR count). The molecule has 7 heteroatoms. The molecule has 0 aromatic carbocycles. The molecular formula is C11H14ClN5O. The minimum absolute atomic E-state index is 0.172. The van der Waals surface area contributed by atoms with Crippen molar-refractivity contribution in [3.05, 3.63) is 24.3 Å². The van der Waals surface area contributed by atoms with Gasteiger partial charge >= 0.3 is 0 Å². The molecule has 18 heavy (non-hydrogen) atoms. The number of methoxy groups -OCH3 is 1. The van der Waals surface area contributed by atoms with Crippen molar-refractivity contribution in [2.75, 3.05) is 25.6 Å². The molecule has 2 aromatic rings. The van der Waals surface area contributed by atoms with Gasteiger partial charge in [0.05, 0.1) is 12.9 Å². The van der Waals surface area contributed by atoms with Crippen LogP contribution in [0.5, 0.6) is 0 Å². The van der Waals surface area contributed by atoms with Crippen LogP contribution in [0.15, 0.2) is 19.0 Å². The summed E-state index contributed by atoms with van der Waals surface area (Å²) in [5, 5.41) is 3.30. The molecule has 2 heterocycles. The molecule has 0 radical (unpaired) electrons. The highest BCUT2D eigenvalue weighted by Crippen LogP contribution is 2.21. The largest absolute Gasteiger partial charge is 0.383 e. The third-order valence-corrected chi connectivity index (χ3v) is 2.56. The fourth-order valence-electron chi connectivity index (χ4n) is 1.60. The summed E-state index contributed by atoms with van der Waals surface area (Å²) in [5.41, 5.74) is 1.39. The Morgan fingerprint density at radius 1 is 1.56 bits per heavy atom. The lowest BCUT2D eigenvalue weighted by Crippen LogP contribution is -2.07. The summed E-state index contributed by atoms with van der Waals surface area (Å²) in [6, 6.07) is 0. The Kier molecular flexibility index (Phi) is 4.11. The minimum Gasteiger partial charge on any atom is -0.383 e. The number of fused-ring (bicyclic) bond motifs is 1. The number of nitrogens with zero attached hydrogens (tertiary/aromatic N) is 4. The van der Waals surface area contributed by atoms with E-state index >= 15 is 0 Å². The molecule has 0 fully saturated rings. The first-order chi connectivity index (χ1) is 8.76. The first kappa shape index (κ1) is 12.8. The summed E-state index contributed by atoms with van der Waals surface area (Å²) in [7, 11) is 1.66. The zero-order valence-electron chi connectivity index (χ0n) is 10.1. The van der Waals surface area contributed by atoms with Crippen molar-refractivity contribution < 1.29 is 4.74 Å². The van der Waals surface area contributed by atoms with Crippen LogP contribution in [0.2, 0.25) is 5.28 Å². The van der Waals surface area contributed by atoms with Gasteiger partial charge in [0.25, 0.3) is 0 Å². The molecule has 96 valence electrons. The van der Waals surface area contributed by atoms with Gasteiger partial charge in [-0.15, -0.1) is 6.58 Å². The molecule has 0 atom stereocenters. The summed E-state index contributed by atoms with van der Waals surface area (Å²) in [5.74, 6) is 0.651. The summed E-state index contributed by atoms with van der Waals surface area (Å²) in [4.78, 5) is 12.5. The van der Waals surface area contributed by atoms with E-state index in [0.29, 0.717) is 31.2 Å². The molecule has 0 unspecified atom stereocenters. The smallest absolute Gasteiger partial charge is 0.226 e. The SMILES string of the molecule is C=CCNc1nc(Cl)nc2ncn(CCOC)c12. The van der Waals surface area contributed by atoms with Gasteiger partial charge in [0.2, 0.25) is 5.28 Å². The molecule has 0 saturated heterocycles. The number of nitrogens with one attached hydrogen (secondary N) is 1. The Morgan fingerprint density at radius 2 is 2.39 bits per heavy atom. The van der Waals surface area contributed by atoms with E-state index in [1.54, 1.807) is 19.5 Å². The maximum absolute atomic E-state index is 5.85. The van der Waals surface area contributed by atoms with Gasteiger partial charge in [-0.2, -0.15) is 9.97 Å². The van der Waals surface area contributed by atoms with Crippen molar-refractivity contribution in [1.29, 1.82) is 0 Å². The van der Waals surface area contributed by atoms with Gasteiger partial charge in [0.1, 0.15) is 5.52 Å². The molecule has 1 N–H and O–H groups in total. The van der Waals surface area contributed by atoms with E-state index in [1.165, 1.54) is 0 Å². The summed E-state index contributed by atoms with van der Waals surface area (Å²) in [6.07, 6.45) is 3.45. The van der Waals surface area contributed by atoms with Gasteiger partial charge in [0, 0.05) is 20.2 Å². The zero-order chi connectivity index (χ0) is 13.0. The van der Waals surface area contributed by atoms with Crippen LogP contribution in [0, 0.1) is 0 Å². The number of anilines is 1. The van der Waals surface area contributed by atoms with Gasteiger partial charge in [-0.25, -0.2) is 4.98 Å². The number of imidazole rings is 1. The van der Waals surface area contributed by atoms with Gasteiger partial charge in [-0.05, 0) is 11.6 Å². The molecule has 0 spiro atoms. The van der Waals surface area contributed by atoms with E-state index in [2.05, 4.69) is 26.8 Å². The Hall–Kier alpha value is -1.66. The maximum atomic E-state index is 5.85. The second-order valence-corrected chi connectivity index (χ2v) is 3.95. The Labute approximate surface area is 110 Å². The number of hydrogen-bond acceptors (Lipinski definition) is 5. The van der Waals surface area contributed by atoms with Crippen molar-refractivity contribution in [3.8, 4) is 0 Å². The number of aromatic nitrogens is 4. The fraction of sp³-hybridized carbons (Fsp3) is 0.364. The molecule has 0 saturated carbocycles. The van der Waals surface area contributed by atoms with Gasteiger partial charge < -0.3 is 14.6 Å². The molecule has 2 aromatic heterocycles. The molecule has 0 bridgehead atoms. The molecule has 0 aliphatic carbocycles. The van der Waals surface area contributed by atoms with Crippen molar-refractivity contribution in [2.24, 2.45) is 0 Å². The second-order valence-electron chi connectivity index (χ2n) is 3.61. The first-order valence-corrected chi connectivity index (χ1v) is 5.86. The van der Waals surface area contributed by atoms with E-state index in [1.807, 2.05) is 4.57 Å². The lowest BCUT2D eigenvalue weighted by Gasteiger charge is -2.08. The monoisotopic (exact) mass is 267 g/mol. The van der Waals surface area contributed by atoms with E-state index in [-0.39, 0.29) is 5.28 Å². The van der Waals surface area contributed by atoms with Crippen LogP contribution in [0.1, 0.15) is 0 Å². The highest BCUT2D eigenvalue weighted by Gasteiger charge is 2.12. The van der Waals surface area contributed by atoms with E-state index in [4.69, 9.17) is 16.3 Å². The van der Waals surface area contributed by atoms with Crippen LogP contribution < -0.4 is 5.32 Å². The Bertz CT molecular complexity index is 554. The molecular weight excluding hydrogens is 254 g/mol. The van der Waals surface area contributed by atoms with Crippen LogP contribution in [0.4, 0.5) is 5.82 Å². The van der Waals surface area contributed by atoms with E-state index in [9.17, 15) is 0 Å². The van der Waals surface area contributed by atoms with E-state index in [0.717, 1.165) is 5.52 Å². The lowest BCUT2D eigenvalue weighted by atomic mass is 10.4. The predicted molar refractivity (Wildman–Crippen MR) is 70.9 cm³/mol. The van der Waals surface area contributed by atoms with Crippen molar-refractivity contribution in [1.82, 2.24) is 19.5 Å². The molecule has 0 amide bonds. The fourth-order valence-corrected chi connectivity index (χ4v) is 1.77. The zero-order valence-corrected chi connectivity index (χ0v) is 10.8. The number of rotatable bonds is 6. The van der Waals surface area contributed by atoms with Crippen molar-refractivity contribution in [3.63, 3.8) is 0 Å². The normalized spacial score (nSPS) is 10.8. The topological polar surface area (TPSA) is 64.9 Å². The summed E-state index contributed by atoms with van der Waals surface area (Å²) >= 11 is 5.85. The van der Waals surface area contributed by atoms with Gasteiger partial charge in [0.15, 0.2) is 11.5 Å². The van der Waals surface area contributed by atoms with Gasteiger partial charge in [-0.3, -0.25) is 0 Å². The maximum Gasteiger partial charge on any atom is 0.226 e. The Morgan fingerprint density at radius 3 is 3.11 bits per heavy atom. The average molecular weight is 268 g/mol. The van der Waals surface area contributed by atoms with Crippen LogP contribution >= 0.6 is 11.6 Å². The third-order valence-electron chi connectivity index (χ3n) is 2.40. The number of hydrogen-bond donors (Lipinski definition) is 1. The Balaban J connectivity index is 2.43. The highest BCUT2D eigenvalue weighted by molar-refractivity contribution is 6.28. The van der Waals surface area contributed by atoms with Crippen LogP contribution in [-0.4, -0.2) is 39.8 Å². The van der Waals surface area contributed by atoms with Crippen LogP contribution in [-0.2, 0) is 11.3 Å². The predicted octanol–water partition coefficient (Wildman–Crippen LogP) is 1.72. The first-order valence-electron chi connectivity index (χ1n) is 5.48. The van der Waals surface area contributed by atoms with Crippen molar-refractivity contribution >= 4 is 28.6 Å². The average Bonchev–Trinajstić information content (AvgIpc) is 2.76. The minimum atomic E-state index is 0.172. The molecule has 0 aliphatic heterocycles. The number of halogens is 1. The van der Waals surface area contributed by atoms with E-state index < -0.39 is 0 Å². The summed E-state index contributed by atoms with van der Waals surface area (Å²) < 4.78 is 6.99. The standard InChI is InChI=1S/C11H14ClN5O/c1-3-4-13-9-8-10(16-11(12)15-9)14-7-17(8)5-6-18-2/h3,7H,1,4-6H2,2H3,(H,13,15,16). The van der Waals surface area contributed by atoms with Gasteiger partial charge in [-0.1, -0.05) is 6.08 Å². The lowest BCUT2D eigenvalue weighted by molar-refractivity contribution is 0.188. The molecule has 0 aliphatic rings. The molecule has 6 nitrogen and oxygen atoms in total. The third kappa shape index (κ3) is 2.60. The summed E-state index contributed by atoms with van der Waals surface area (Å²) in [6.45, 7) is 5.53. The quantitative estimate of drug-likeness (QED) is 0.638. The number of ether oxygens (including phenoxy) is 1.